The Balaban J connectivity index is 3.63. The summed E-state index contributed by atoms with van der Waals surface area (Å²) in [7, 11) is 0. The first-order valence-corrected chi connectivity index (χ1v) is 7.25. The second-order valence-corrected chi connectivity index (χ2v) is 5.91. The summed E-state index contributed by atoms with van der Waals surface area (Å²) in [6.45, 7) is 0. The zero-order chi connectivity index (χ0) is 7.44. The van der Waals surface area contributed by atoms with Crippen LogP contribution in [-0.4, -0.2) is 36.7 Å². The van der Waals surface area contributed by atoms with E-state index in [0.29, 0.717) is 0 Å². The molecule has 0 saturated carbocycles. The van der Waals surface area contributed by atoms with E-state index < -0.39 is 31.5 Å². The van der Waals surface area contributed by atoms with Gasteiger partial charge >= 0.3 is 59.7 Å². The van der Waals surface area contributed by atoms with Gasteiger partial charge in [-0.05, 0) is 0 Å². The van der Waals surface area contributed by atoms with Crippen molar-refractivity contribution in [1.82, 2.24) is 0 Å². The van der Waals surface area contributed by atoms with Gasteiger partial charge in [-0.1, -0.05) is 0 Å². The number of rotatable bonds is 3. The van der Waals surface area contributed by atoms with Gasteiger partial charge in [-0.3, -0.25) is 0 Å². The van der Waals surface area contributed by atoms with Gasteiger partial charge in [0.25, 0.3) is 0 Å². The first kappa shape index (κ1) is 9.02. The van der Waals surface area contributed by atoms with Crippen LogP contribution in [0.1, 0.15) is 0 Å². The van der Waals surface area contributed by atoms with E-state index in [9.17, 15) is 7.90 Å². The molecule has 0 bridgehead atoms. The van der Waals surface area contributed by atoms with E-state index in [1.54, 1.807) is 4.97 Å². The molecule has 0 aromatic carbocycles. The minimum atomic E-state index is -2.30. The molecule has 3 N–H and O–H groups in total. The van der Waals surface area contributed by atoms with Crippen molar-refractivity contribution in [1.29, 1.82) is 0 Å². The van der Waals surface area contributed by atoms with Crippen molar-refractivity contribution >= 4 is 25.5 Å². The van der Waals surface area contributed by atoms with Crippen LogP contribution in [0.3, 0.4) is 0 Å². The summed E-state index contributed by atoms with van der Waals surface area (Å²) in [5.41, 5.74) is 5.06. The summed E-state index contributed by atoms with van der Waals surface area (Å²) in [6.07, 6.45) is 0. The van der Waals surface area contributed by atoms with Crippen LogP contribution in [0.4, 0.5) is 0 Å². The predicted molar refractivity (Wildman–Crippen MR) is 32.7 cm³/mol. The molecule has 0 spiro atoms. The van der Waals surface area contributed by atoms with Crippen LogP contribution in [-0.2, 0) is 7.90 Å². The van der Waals surface area contributed by atoms with Crippen LogP contribution in [0.2, 0.25) is 9.44 Å². The molecule has 0 rings (SSSR count). The first-order valence-electron chi connectivity index (χ1n) is 2.32. The number of carboxylic acids is 1. The van der Waals surface area contributed by atoms with Crippen LogP contribution >= 0.6 is 0 Å². The monoisotopic (exact) mass is 249 g/mol. The van der Waals surface area contributed by atoms with Gasteiger partial charge in [0.1, 0.15) is 0 Å². The van der Waals surface area contributed by atoms with Gasteiger partial charge in [-0.25, -0.2) is 0 Å². The van der Waals surface area contributed by atoms with E-state index in [4.69, 9.17) is 10.8 Å². The van der Waals surface area contributed by atoms with Gasteiger partial charge in [-0.2, -0.15) is 0 Å². The van der Waals surface area contributed by atoms with Gasteiger partial charge in [0, 0.05) is 0 Å². The van der Waals surface area contributed by atoms with Crippen LogP contribution in [0.15, 0.2) is 0 Å². The van der Waals surface area contributed by atoms with Gasteiger partial charge < -0.3 is 0 Å². The van der Waals surface area contributed by atoms with Crippen molar-refractivity contribution in [2.75, 3.05) is 0 Å². The van der Waals surface area contributed by atoms with E-state index in [1.165, 1.54) is 0 Å². The summed E-state index contributed by atoms with van der Waals surface area (Å²) in [5, 5.41) is 8.19. The molecule has 0 aliphatic rings. The third kappa shape index (κ3) is 4.52. The maximum absolute atomic E-state index is 10.5. The molecule has 0 fully saturated rings. The van der Waals surface area contributed by atoms with Crippen molar-refractivity contribution in [3.63, 3.8) is 0 Å². The molecule has 0 saturated heterocycles. The Hall–Kier alpha value is 0.0196. The number of nitrogens with two attached hydrogens (primary N) is 1. The number of carbonyl (C=O) groups is 1. The third-order valence-corrected chi connectivity index (χ3v) is 3.10. The van der Waals surface area contributed by atoms with Gasteiger partial charge in [0.05, 0.1) is 0 Å². The normalized spacial score (nSPS) is 13.7. The Morgan fingerprint density at radius 3 is 2.44 bits per heavy atom. The van der Waals surface area contributed by atoms with Crippen LogP contribution in [0.5, 0.6) is 0 Å². The quantitative estimate of drug-likeness (QED) is 0.655. The SMILES string of the molecule is C[Te](=O)C[C@H](N)C(=O)O. The Labute approximate surface area is 60.1 Å². The minimum absolute atomic E-state index is 0.165. The van der Waals surface area contributed by atoms with E-state index >= 15 is 0 Å². The number of hydrogen-bond donors (Lipinski definition) is 2. The second kappa shape index (κ2) is 3.94. The fraction of sp³-hybridized carbons (Fsp3) is 0.750. The molecule has 0 heterocycles. The molecule has 1 atom stereocenters. The average Bonchev–Trinajstić information content (AvgIpc) is 1.63. The van der Waals surface area contributed by atoms with E-state index in [0.717, 1.165) is 0 Å². The molecule has 4 nitrogen and oxygen atoms in total. The number of hydrogen-bond acceptors (Lipinski definition) is 3. The standard InChI is InChI=1S/C4H9NO3Te/c1-9(8)2-3(5)4(6)7/h3H,2,5H2,1H3,(H,6,7)/t3-/m0/s1. The van der Waals surface area contributed by atoms with Gasteiger partial charge in [0.2, 0.25) is 0 Å². The van der Waals surface area contributed by atoms with E-state index in [2.05, 4.69) is 0 Å². The zero-order valence-corrected chi connectivity index (χ0v) is 7.36. The molecule has 9 heavy (non-hydrogen) atoms. The maximum atomic E-state index is 10.5. The van der Waals surface area contributed by atoms with Crippen LogP contribution in [0.25, 0.3) is 0 Å². The zero-order valence-electron chi connectivity index (χ0n) is 5.03. The summed E-state index contributed by atoms with van der Waals surface area (Å²) < 4.78 is 10.6. The van der Waals surface area contributed by atoms with Crippen LogP contribution < -0.4 is 5.73 Å². The van der Waals surface area contributed by atoms with E-state index in [1.807, 2.05) is 0 Å². The molecule has 0 aromatic heterocycles. The summed E-state index contributed by atoms with van der Waals surface area (Å²) in [5.74, 6) is -1.07. The Morgan fingerprint density at radius 1 is 1.89 bits per heavy atom. The Morgan fingerprint density at radius 2 is 2.33 bits per heavy atom. The number of aliphatic carboxylic acids is 1. The van der Waals surface area contributed by atoms with Crippen molar-refractivity contribution in [3.8, 4) is 0 Å². The average molecular weight is 247 g/mol. The first-order chi connectivity index (χ1) is 4.04. The summed E-state index contributed by atoms with van der Waals surface area (Å²) in [6, 6.07) is -0.927. The molecule has 54 valence electrons. The molecular weight excluding hydrogens is 238 g/mol. The molecule has 0 amide bonds. The molecule has 0 unspecified atom stereocenters. The predicted octanol–water partition coefficient (Wildman–Crippen LogP) is -0.550. The number of carboxylic acid groups (broad SMARTS) is 1. The van der Waals surface area contributed by atoms with Crippen molar-refractivity contribution < 1.29 is 13.0 Å². The fourth-order valence-corrected chi connectivity index (χ4v) is 2.17. The molecule has 0 radical (unpaired) electrons. The van der Waals surface area contributed by atoms with E-state index in [-0.39, 0.29) is 4.47 Å². The van der Waals surface area contributed by atoms with Crippen molar-refractivity contribution in [2.24, 2.45) is 5.73 Å². The summed E-state index contributed by atoms with van der Waals surface area (Å²) >= 11 is -2.30. The second-order valence-electron chi connectivity index (χ2n) is 1.68. The molecular formula is C4H9NO3Te. The fourth-order valence-electron chi connectivity index (χ4n) is 0.324. The van der Waals surface area contributed by atoms with Crippen molar-refractivity contribution in [2.45, 2.75) is 15.5 Å². The Kier molecular flexibility index (Phi) is 3.94. The molecule has 0 aliphatic carbocycles. The third-order valence-electron chi connectivity index (χ3n) is 0.731. The summed E-state index contributed by atoms with van der Waals surface area (Å²) in [4.78, 5) is 11.6. The Bertz CT molecular complexity index is 136. The molecule has 5 heteroatoms. The van der Waals surface area contributed by atoms with Crippen molar-refractivity contribution in [3.05, 3.63) is 0 Å². The molecule has 0 aliphatic heterocycles. The van der Waals surface area contributed by atoms with Crippen LogP contribution in [0, 0.1) is 0 Å². The molecule has 0 aromatic rings. The van der Waals surface area contributed by atoms with Gasteiger partial charge in [0.15, 0.2) is 0 Å². The van der Waals surface area contributed by atoms with Gasteiger partial charge in [-0.15, -0.1) is 0 Å². The topological polar surface area (TPSA) is 80.4 Å².